The molecule has 1 rings (SSSR count). The average Bonchev–Trinajstić information content (AvgIpc) is 2.64. The zero-order chi connectivity index (χ0) is 14.3. The van der Waals surface area contributed by atoms with E-state index in [4.69, 9.17) is 0 Å². The van der Waals surface area contributed by atoms with E-state index >= 15 is 0 Å². The Morgan fingerprint density at radius 3 is 1.89 bits per heavy atom. The van der Waals surface area contributed by atoms with Gasteiger partial charge < -0.3 is 9.47 Å². The van der Waals surface area contributed by atoms with Crippen LogP contribution in [0.2, 0.25) is 0 Å². The van der Waals surface area contributed by atoms with Crippen molar-refractivity contribution in [1.29, 1.82) is 0 Å². The van der Waals surface area contributed by atoms with Crippen LogP contribution in [-0.4, -0.2) is 26.2 Å². The van der Waals surface area contributed by atoms with Crippen molar-refractivity contribution in [1.82, 2.24) is 0 Å². The number of esters is 2. The normalized spacial score (nSPS) is 9.22. The largest absolute Gasteiger partial charge is 0.465 e. The summed E-state index contributed by atoms with van der Waals surface area (Å²) >= 11 is 1.24. The maximum atomic E-state index is 11.4. The van der Waals surface area contributed by atoms with Gasteiger partial charge in [0.05, 0.1) is 19.8 Å². The highest BCUT2D eigenvalue weighted by Gasteiger charge is 2.23. The highest BCUT2D eigenvalue weighted by molar-refractivity contribution is 7.14. The van der Waals surface area contributed by atoms with E-state index in [1.54, 1.807) is 13.8 Å². The van der Waals surface area contributed by atoms with Gasteiger partial charge >= 0.3 is 11.9 Å². The third kappa shape index (κ3) is 3.84. The summed E-state index contributed by atoms with van der Waals surface area (Å²) in [4.78, 5) is 24.0. The minimum Gasteiger partial charge on any atom is -0.465 e. The molecule has 1 aromatic heterocycles. The molecule has 1 heterocycles. The average molecular weight is 272 g/mol. The summed E-state index contributed by atoms with van der Waals surface area (Å²) in [5.41, 5.74) is 1.08. The lowest BCUT2D eigenvalue weighted by atomic mass is 10.1. The van der Waals surface area contributed by atoms with Gasteiger partial charge in [-0.25, -0.2) is 9.59 Å². The van der Waals surface area contributed by atoms with Gasteiger partial charge in [0.25, 0.3) is 0 Å². The Bertz CT molecular complexity index is 421. The number of hydrogen-bond acceptors (Lipinski definition) is 5. The zero-order valence-corrected chi connectivity index (χ0v) is 12.6. The summed E-state index contributed by atoms with van der Waals surface area (Å²) in [5.74, 6) is -0.841. The van der Waals surface area contributed by atoms with Crippen molar-refractivity contribution >= 4 is 23.3 Å². The first kappa shape index (κ1) is 16.6. The summed E-state index contributed by atoms with van der Waals surface area (Å²) in [5, 5.41) is 0. The molecule has 0 radical (unpaired) electrons. The third-order valence-electron chi connectivity index (χ3n) is 2.08. The number of hydrogen-bond donors (Lipinski definition) is 0. The Kier molecular flexibility index (Phi) is 7.27. The molecule has 0 atom stereocenters. The maximum Gasteiger partial charge on any atom is 0.348 e. The molecule has 0 aliphatic rings. The van der Waals surface area contributed by atoms with Crippen molar-refractivity contribution in [3.8, 4) is 0 Å². The molecule has 0 aliphatic carbocycles. The Morgan fingerprint density at radius 1 is 1.06 bits per heavy atom. The van der Waals surface area contributed by atoms with Crippen LogP contribution in [0.15, 0.2) is 0 Å². The van der Waals surface area contributed by atoms with Crippen molar-refractivity contribution in [3.05, 3.63) is 20.9 Å². The third-order valence-corrected chi connectivity index (χ3v) is 3.27. The molecule has 0 fully saturated rings. The minimum atomic E-state index is -0.421. The SMILES string of the molecule is CCC.COC(=O)c1sc(C)c(C(=O)OC)c1C. The Hall–Kier alpha value is -1.36. The molecule has 5 heteroatoms. The number of carbonyl (C=O) groups is 2. The number of aryl methyl sites for hydroxylation is 1. The van der Waals surface area contributed by atoms with Crippen molar-refractivity contribution in [3.63, 3.8) is 0 Å². The van der Waals surface area contributed by atoms with Crippen LogP contribution >= 0.6 is 11.3 Å². The van der Waals surface area contributed by atoms with Crippen LogP contribution in [0, 0.1) is 13.8 Å². The Labute approximate surface area is 112 Å². The molecule has 0 aliphatic heterocycles. The first-order valence-electron chi connectivity index (χ1n) is 5.71. The quantitative estimate of drug-likeness (QED) is 0.775. The van der Waals surface area contributed by atoms with Crippen molar-refractivity contribution in [2.45, 2.75) is 34.1 Å². The Morgan fingerprint density at radius 2 is 1.50 bits per heavy atom. The van der Waals surface area contributed by atoms with Crippen LogP contribution < -0.4 is 0 Å². The lowest BCUT2D eigenvalue weighted by molar-refractivity contribution is 0.0600. The van der Waals surface area contributed by atoms with Crippen LogP contribution in [0.25, 0.3) is 0 Å². The monoisotopic (exact) mass is 272 g/mol. The van der Waals surface area contributed by atoms with Crippen molar-refractivity contribution < 1.29 is 19.1 Å². The van der Waals surface area contributed by atoms with Crippen LogP contribution in [0.1, 0.15) is 50.7 Å². The maximum absolute atomic E-state index is 11.4. The van der Waals surface area contributed by atoms with Crippen molar-refractivity contribution in [2.75, 3.05) is 14.2 Å². The molecule has 0 saturated carbocycles. The highest BCUT2D eigenvalue weighted by atomic mass is 32.1. The lowest BCUT2D eigenvalue weighted by Gasteiger charge is -2.00. The van der Waals surface area contributed by atoms with Gasteiger partial charge in [-0.2, -0.15) is 0 Å². The number of methoxy groups -OCH3 is 2. The smallest absolute Gasteiger partial charge is 0.348 e. The molecule has 0 bridgehead atoms. The topological polar surface area (TPSA) is 52.6 Å². The fourth-order valence-electron chi connectivity index (χ4n) is 1.34. The molecule has 0 N–H and O–H groups in total. The predicted octanol–water partition coefficient (Wildman–Crippen LogP) is 3.35. The van der Waals surface area contributed by atoms with Gasteiger partial charge in [0, 0.05) is 4.88 Å². The molecule has 102 valence electrons. The standard InChI is InChI=1S/C10H12O4S.C3H8/c1-5-7(9(11)13-3)6(2)15-8(5)10(12)14-4;1-3-2/h1-4H3;3H2,1-2H3. The first-order chi connectivity index (χ1) is 8.44. The van der Waals surface area contributed by atoms with Gasteiger partial charge in [-0.1, -0.05) is 20.3 Å². The molecule has 0 amide bonds. The molecule has 18 heavy (non-hydrogen) atoms. The van der Waals surface area contributed by atoms with Gasteiger partial charge in [0.2, 0.25) is 0 Å². The van der Waals surface area contributed by atoms with Gasteiger partial charge in [-0.15, -0.1) is 11.3 Å². The lowest BCUT2D eigenvalue weighted by Crippen LogP contribution is -2.05. The van der Waals surface area contributed by atoms with E-state index in [1.165, 1.54) is 32.0 Å². The molecule has 0 aromatic carbocycles. The van der Waals surface area contributed by atoms with E-state index in [1.807, 2.05) is 0 Å². The van der Waals surface area contributed by atoms with Gasteiger partial charge in [-0.05, 0) is 19.4 Å². The van der Waals surface area contributed by atoms with Crippen molar-refractivity contribution in [2.24, 2.45) is 0 Å². The fourth-order valence-corrected chi connectivity index (χ4v) is 2.41. The highest BCUT2D eigenvalue weighted by Crippen LogP contribution is 2.28. The number of rotatable bonds is 2. The fraction of sp³-hybridized carbons (Fsp3) is 0.538. The van der Waals surface area contributed by atoms with E-state index in [-0.39, 0.29) is 0 Å². The number of thiophene rings is 1. The van der Waals surface area contributed by atoms with Gasteiger partial charge in [0.1, 0.15) is 4.88 Å². The van der Waals surface area contributed by atoms with Crippen LogP contribution in [0.3, 0.4) is 0 Å². The molecule has 0 spiro atoms. The summed E-state index contributed by atoms with van der Waals surface area (Å²) in [6.07, 6.45) is 1.25. The molecule has 4 nitrogen and oxygen atoms in total. The van der Waals surface area contributed by atoms with Crippen LogP contribution in [0.4, 0.5) is 0 Å². The zero-order valence-electron chi connectivity index (χ0n) is 11.7. The van der Waals surface area contributed by atoms with Gasteiger partial charge in [0.15, 0.2) is 0 Å². The molecule has 0 unspecified atom stereocenters. The minimum absolute atomic E-state index is 0.420. The predicted molar refractivity (Wildman–Crippen MR) is 72.4 cm³/mol. The summed E-state index contributed by atoms with van der Waals surface area (Å²) in [7, 11) is 2.63. The van der Waals surface area contributed by atoms with E-state index in [2.05, 4.69) is 23.3 Å². The second kappa shape index (κ2) is 7.87. The van der Waals surface area contributed by atoms with Crippen LogP contribution in [-0.2, 0) is 9.47 Å². The van der Waals surface area contributed by atoms with E-state index < -0.39 is 11.9 Å². The van der Waals surface area contributed by atoms with Crippen LogP contribution in [0.5, 0.6) is 0 Å². The summed E-state index contributed by atoms with van der Waals surface area (Å²) < 4.78 is 9.26. The second-order valence-corrected chi connectivity index (χ2v) is 4.90. The molecule has 1 aromatic rings. The molecular formula is C13H20O4S. The van der Waals surface area contributed by atoms with E-state index in [0.717, 1.165) is 4.88 Å². The number of carbonyl (C=O) groups excluding carboxylic acids is 2. The molecular weight excluding hydrogens is 252 g/mol. The summed E-state index contributed by atoms with van der Waals surface area (Å²) in [6, 6.07) is 0. The van der Waals surface area contributed by atoms with E-state index in [0.29, 0.717) is 16.0 Å². The second-order valence-electron chi connectivity index (χ2n) is 3.68. The van der Waals surface area contributed by atoms with Gasteiger partial charge in [-0.3, -0.25) is 0 Å². The van der Waals surface area contributed by atoms with E-state index in [9.17, 15) is 9.59 Å². The number of ether oxygens (including phenoxy) is 2. The summed E-state index contributed by atoms with van der Waals surface area (Å²) in [6.45, 7) is 7.73. The first-order valence-corrected chi connectivity index (χ1v) is 6.52. The Balaban J connectivity index is 0.000000873. The molecule has 0 saturated heterocycles.